The Morgan fingerprint density at radius 3 is 2.42 bits per heavy atom. The predicted molar refractivity (Wildman–Crippen MR) is 77.5 cm³/mol. The van der Waals surface area contributed by atoms with E-state index in [2.05, 4.69) is 18.2 Å². The van der Waals surface area contributed by atoms with Gasteiger partial charge in [0.15, 0.2) is 11.5 Å². The number of hydrogen-bond acceptors (Lipinski definition) is 2. The third-order valence-electron chi connectivity index (χ3n) is 3.90. The first-order valence-corrected chi connectivity index (χ1v) is 6.32. The third kappa shape index (κ3) is 1.26. The maximum absolute atomic E-state index is 10.3. The molecule has 92 valence electrons. The smallest absolute Gasteiger partial charge is 0.166 e. The van der Waals surface area contributed by atoms with Crippen LogP contribution in [0.4, 0.5) is 0 Å². The van der Waals surface area contributed by atoms with Gasteiger partial charge in [-0.2, -0.15) is 0 Å². The van der Waals surface area contributed by atoms with Crippen molar-refractivity contribution in [2.24, 2.45) is 0 Å². The van der Waals surface area contributed by atoms with E-state index in [1.807, 2.05) is 30.3 Å². The molecule has 0 radical (unpaired) electrons. The Hall–Kier alpha value is -2.48. The minimum atomic E-state index is -0.0246. The van der Waals surface area contributed by atoms with E-state index in [-0.39, 0.29) is 11.5 Å². The van der Waals surface area contributed by atoms with Gasteiger partial charge in [-0.1, -0.05) is 48.6 Å². The average molecular weight is 248 g/mol. The summed E-state index contributed by atoms with van der Waals surface area (Å²) in [4.78, 5) is 0. The van der Waals surface area contributed by atoms with Crippen LogP contribution in [0.3, 0.4) is 0 Å². The van der Waals surface area contributed by atoms with Crippen molar-refractivity contribution in [3.8, 4) is 11.5 Å². The highest BCUT2D eigenvalue weighted by molar-refractivity contribution is 6.15. The summed E-state index contributed by atoms with van der Waals surface area (Å²) in [6, 6.07) is 11.7. The summed E-state index contributed by atoms with van der Waals surface area (Å²) < 4.78 is 0. The SMILES string of the molecule is Oc1c(O)c2c3c(ccc2c2ccccc12)C=CC3. The fourth-order valence-corrected chi connectivity index (χ4v) is 3.01. The molecule has 0 amide bonds. The standard InChI is InChI=1S/C17H12O2/c18-16-14-6-2-1-5-12(14)13-9-8-10-4-3-7-11(10)15(13)17(16)19/h1-6,8-9,18-19H,7H2. The fraction of sp³-hybridized carbons (Fsp3) is 0.0588. The van der Waals surface area contributed by atoms with Crippen LogP contribution >= 0.6 is 0 Å². The van der Waals surface area contributed by atoms with Crippen LogP contribution in [0.25, 0.3) is 27.6 Å². The Kier molecular flexibility index (Phi) is 1.93. The van der Waals surface area contributed by atoms with Gasteiger partial charge in [-0.25, -0.2) is 0 Å². The number of hydrogen-bond donors (Lipinski definition) is 2. The molecule has 2 nitrogen and oxygen atoms in total. The molecule has 0 atom stereocenters. The molecular formula is C17H12O2. The normalized spacial score (nSPS) is 13.3. The highest BCUT2D eigenvalue weighted by Gasteiger charge is 2.18. The first-order valence-electron chi connectivity index (χ1n) is 6.32. The van der Waals surface area contributed by atoms with Gasteiger partial charge in [0.25, 0.3) is 0 Å². The summed E-state index contributed by atoms with van der Waals surface area (Å²) in [5, 5.41) is 24.0. The average Bonchev–Trinajstić information content (AvgIpc) is 2.92. The quantitative estimate of drug-likeness (QED) is 0.466. The first-order chi connectivity index (χ1) is 9.27. The maximum Gasteiger partial charge on any atom is 0.166 e. The molecule has 3 aromatic rings. The minimum Gasteiger partial charge on any atom is -0.504 e. The molecule has 2 N–H and O–H groups in total. The molecule has 0 saturated heterocycles. The van der Waals surface area contributed by atoms with Gasteiger partial charge in [0, 0.05) is 10.8 Å². The van der Waals surface area contributed by atoms with Gasteiger partial charge >= 0.3 is 0 Å². The van der Waals surface area contributed by atoms with E-state index in [4.69, 9.17) is 0 Å². The van der Waals surface area contributed by atoms with E-state index in [1.54, 1.807) is 0 Å². The van der Waals surface area contributed by atoms with Crippen LogP contribution in [0.15, 0.2) is 42.5 Å². The number of phenolic OH excluding ortho intramolecular Hbond substituents is 2. The van der Waals surface area contributed by atoms with Crippen molar-refractivity contribution in [3.05, 3.63) is 53.6 Å². The zero-order valence-corrected chi connectivity index (χ0v) is 10.2. The molecule has 0 fully saturated rings. The molecule has 0 aromatic heterocycles. The van der Waals surface area contributed by atoms with E-state index in [0.717, 1.165) is 33.7 Å². The Labute approximate surface area is 110 Å². The minimum absolute atomic E-state index is 0.00532. The molecule has 0 unspecified atom stereocenters. The Bertz CT molecular complexity index is 860. The molecule has 3 aromatic carbocycles. The summed E-state index contributed by atoms with van der Waals surface area (Å²) in [6.07, 6.45) is 4.94. The van der Waals surface area contributed by atoms with Crippen molar-refractivity contribution in [1.82, 2.24) is 0 Å². The lowest BCUT2D eigenvalue weighted by Gasteiger charge is -2.12. The van der Waals surface area contributed by atoms with Crippen molar-refractivity contribution >= 4 is 27.6 Å². The fourth-order valence-electron chi connectivity index (χ4n) is 3.01. The number of allylic oxidation sites excluding steroid dienone is 1. The van der Waals surface area contributed by atoms with Crippen molar-refractivity contribution in [1.29, 1.82) is 0 Å². The molecule has 0 spiro atoms. The lowest BCUT2D eigenvalue weighted by Crippen LogP contribution is -1.88. The van der Waals surface area contributed by atoms with Crippen molar-refractivity contribution in [2.75, 3.05) is 0 Å². The van der Waals surface area contributed by atoms with Gasteiger partial charge in [0.05, 0.1) is 0 Å². The first kappa shape index (κ1) is 10.4. The van der Waals surface area contributed by atoms with Crippen molar-refractivity contribution in [2.45, 2.75) is 6.42 Å². The highest BCUT2D eigenvalue weighted by atomic mass is 16.3. The van der Waals surface area contributed by atoms with Crippen LogP contribution in [0.5, 0.6) is 11.5 Å². The summed E-state index contributed by atoms with van der Waals surface area (Å²) >= 11 is 0. The molecule has 4 rings (SSSR count). The zero-order chi connectivity index (χ0) is 13.0. The number of benzene rings is 3. The monoisotopic (exact) mass is 248 g/mol. The largest absolute Gasteiger partial charge is 0.504 e. The Morgan fingerprint density at radius 2 is 1.58 bits per heavy atom. The number of phenols is 2. The summed E-state index contributed by atoms with van der Waals surface area (Å²) in [6.45, 7) is 0. The van der Waals surface area contributed by atoms with Crippen molar-refractivity contribution < 1.29 is 10.2 Å². The Balaban J connectivity index is 2.31. The molecule has 0 heterocycles. The number of rotatable bonds is 0. The molecule has 1 aliphatic carbocycles. The second kappa shape index (κ2) is 3.51. The van der Waals surface area contributed by atoms with E-state index < -0.39 is 0 Å². The van der Waals surface area contributed by atoms with E-state index in [9.17, 15) is 10.2 Å². The molecule has 0 bridgehead atoms. The Morgan fingerprint density at radius 1 is 0.789 bits per heavy atom. The van der Waals surface area contributed by atoms with Crippen LogP contribution in [0.1, 0.15) is 11.1 Å². The molecular weight excluding hydrogens is 236 g/mol. The van der Waals surface area contributed by atoms with E-state index in [1.165, 1.54) is 0 Å². The topological polar surface area (TPSA) is 40.5 Å². The van der Waals surface area contributed by atoms with Gasteiger partial charge in [0.1, 0.15) is 0 Å². The van der Waals surface area contributed by atoms with Gasteiger partial charge < -0.3 is 10.2 Å². The second-order valence-corrected chi connectivity index (χ2v) is 4.91. The molecule has 0 saturated carbocycles. The van der Waals surface area contributed by atoms with Gasteiger partial charge in [-0.05, 0) is 28.3 Å². The van der Waals surface area contributed by atoms with E-state index >= 15 is 0 Å². The zero-order valence-electron chi connectivity index (χ0n) is 10.2. The second-order valence-electron chi connectivity index (χ2n) is 4.91. The number of aromatic hydroxyl groups is 2. The third-order valence-corrected chi connectivity index (χ3v) is 3.90. The number of fused-ring (bicyclic) bond motifs is 5. The summed E-state index contributed by atoms with van der Waals surface area (Å²) in [7, 11) is 0. The molecule has 0 aliphatic heterocycles. The maximum atomic E-state index is 10.3. The lowest BCUT2D eigenvalue weighted by molar-refractivity contribution is 0.412. The lowest BCUT2D eigenvalue weighted by atomic mass is 9.94. The van der Waals surface area contributed by atoms with Crippen LogP contribution < -0.4 is 0 Å². The highest BCUT2D eigenvalue weighted by Crippen LogP contribution is 2.45. The van der Waals surface area contributed by atoms with Crippen LogP contribution in [-0.4, -0.2) is 10.2 Å². The van der Waals surface area contributed by atoms with Gasteiger partial charge in [-0.3, -0.25) is 0 Å². The van der Waals surface area contributed by atoms with Gasteiger partial charge in [0.2, 0.25) is 0 Å². The molecule has 1 aliphatic rings. The summed E-state index contributed by atoms with van der Waals surface area (Å²) in [5.74, 6) is -0.0300. The van der Waals surface area contributed by atoms with E-state index in [0.29, 0.717) is 5.39 Å². The van der Waals surface area contributed by atoms with Crippen LogP contribution in [-0.2, 0) is 6.42 Å². The summed E-state index contributed by atoms with van der Waals surface area (Å²) in [5.41, 5.74) is 2.22. The molecule has 19 heavy (non-hydrogen) atoms. The van der Waals surface area contributed by atoms with Crippen molar-refractivity contribution in [3.63, 3.8) is 0 Å². The molecule has 2 heteroatoms. The predicted octanol–water partition coefficient (Wildman–Crippen LogP) is 3.97. The van der Waals surface area contributed by atoms with Crippen LogP contribution in [0.2, 0.25) is 0 Å². The van der Waals surface area contributed by atoms with Crippen LogP contribution in [0, 0.1) is 0 Å². The van der Waals surface area contributed by atoms with Gasteiger partial charge in [-0.15, -0.1) is 0 Å².